The Balaban J connectivity index is 2.67. The van der Waals surface area contributed by atoms with Gasteiger partial charge in [0, 0.05) is 6.26 Å². The Morgan fingerprint density at radius 1 is 1.50 bits per heavy atom. The van der Waals surface area contributed by atoms with Crippen LogP contribution in [0.3, 0.4) is 0 Å². The van der Waals surface area contributed by atoms with Gasteiger partial charge in [-0.05, 0) is 19.1 Å². The van der Waals surface area contributed by atoms with Gasteiger partial charge >= 0.3 is 6.03 Å². The second kappa shape index (κ2) is 5.78. The lowest BCUT2D eigenvalue weighted by Gasteiger charge is -2.11. The zero-order chi connectivity index (χ0) is 13.8. The molecule has 18 heavy (non-hydrogen) atoms. The van der Waals surface area contributed by atoms with Gasteiger partial charge in [-0.3, -0.25) is 0 Å². The fraction of sp³-hybridized carbons (Fsp3) is 0.400. The number of nitrogens with one attached hydrogen (secondary N) is 2. The first-order valence-electron chi connectivity index (χ1n) is 5.17. The van der Waals surface area contributed by atoms with Crippen molar-refractivity contribution in [3.63, 3.8) is 0 Å². The van der Waals surface area contributed by atoms with Crippen LogP contribution in [0.2, 0.25) is 0 Å². The van der Waals surface area contributed by atoms with Crippen molar-refractivity contribution in [2.24, 2.45) is 0 Å². The number of aromatic nitrogens is 1. The van der Waals surface area contributed by atoms with Crippen molar-refractivity contribution < 1.29 is 18.3 Å². The summed E-state index contributed by atoms with van der Waals surface area (Å²) in [5.74, 6) is 0. The number of pyridine rings is 1. The minimum atomic E-state index is -3.34. The summed E-state index contributed by atoms with van der Waals surface area (Å²) in [5.41, 5.74) is 0.366. The summed E-state index contributed by atoms with van der Waals surface area (Å²) in [4.78, 5) is 15.1. The van der Waals surface area contributed by atoms with Crippen molar-refractivity contribution in [1.29, 1.82) is 0 Å². The minimum absolute atomic E-state index is 0.0582. The van der Waals surface area contributed by atoms with E-state index in [0.717, 1.165) is 6.26 Å². The zero-order valence-electron chi connectivity index (χ0n) is 10.0. The summed E-state index contributed by atoms with van der Waals surface area (Å²) >= 11 is 0. The summed E-state index contributed by atoms with van der Waals surface area (Å²) in [6.07, 6.45) is 2.30. The second-order valence-corrected chi connectivity index (χ2v) is 5.80. The summed E-state index contributed by atoms with van der Waals surface area (Å²) < 4.78 is 22.3. The Morgan fingerprint density at radius 3 is 2.61 bits per heavy atom. The van der Waals surface area contributed by atoms with Crippen molar-refractivity contribution in [3.05, 3.63) is 18.3 Å². The number of aliphatic hydroxyl groups excluding tert-OH is 1. The molecule has 7 nitrogen and oxygen atoms in total. The van der Waals surface area contributed by atoms with E-state index in [2.05, 4.69) is 15.6 Å². The molecule has 3 N–H and O–H groups in total. The first-order chi connectivity index (χ1) is 8.32. The monoisotopic (exact) mass is 273 g/mol. The van der Waals surface area contributed by atoms with Gasteiger partial charge in [0.1, 0.15) is 0 Å². The highest BCUT2D eigenvalue weighted by atomic mass is 32.2. The molecule has 0 saturated heterocycles. The van der Waals surface area contributed by atoms with E-state index in [9.17, 15) is 13.2 Å². The van der Waals surface area contributed by atoms with E-state index in [4.69, 9.17) is 5.11 Å². The van der Waals surface area contributed by atoms with E-state index < -0.39 is 15.9 Å². The lowest BCUT2D eigenvalue weighted by molar-refractivity contribution is 0.229. The molecular weight excluding hydrogens is 258 g/mol. The van der Waals surface area contributed by atoms with Gasteiger partial charge in [-0.1, -0.05) is 0 Å². The van der Waals surface area contributed by atoms with Crippen molar-refractivity contribution in [1.82, 2.24) is 10.3 Å². The van der Waals surface area contributed by atoms with Gasteiger partial charge in [0.05, 0.1) is 24.5 Å². The highest BCUT2D eigenvalue weighted by molar-refractivity contribution is 7.90. The molecule has 0 aliphatic carbocycles. The van der Waals surface area contributed by atoms with Crippen LogP contribution < -0.4 is 10.6 Å². The molecule has 1 heterocycles. The number of rotatable bonds is 4. The van der Waals surface area contributed by atoms with Gasteiger partial charge in [0.2, 0.25) is 0 Å². The molecule has 1 aromatic rings. The topological polar surface area (TPSA) is 108 Å². The number of amides is 2. The van der Waals surface area contributed by atoms with Gasteiger partial charge < -0.3 is 15.7 Å². The maximum Gasteiger partial charge on any atom is 0.319 e. The van der Waals surface area contributed by atoms with E-state index in [0.29, 0.717) is 5.69 Å². The Bertz CT molecular complexity index is 512. The Morgan fingerprint density at radius 2 is 2.17 bits per heavy atom. The summed E-state index contributed by atoms with van der Waals surface area (Å²) in [5, 5.41) is 13.6. The Labute approximate surface area is 105 Å². The third kappa shape index (κ3) is 4.30. The zero-order valence-corrected chi connectivity index (χ0v) is 10.9. The van der Waals surface area contributed by atoms with Gasteiger partial charge in [-0.2, -0.15) is 0 Å². The van der Waals surface area contributed by atoms with E-state index >= 15 is 0 Å². The molecule has 2 amide bonds. The van der Waals surface area contributed by atoms with Crippen molar-refractivity contribution in [3.8, 4) is 0 Å². The fourth-order valence-electron chi connectivity index (χ4n) is 1.11. The summed E-state index contributed by atoms with van der Waals surface area (Å²) in [6, 6.07) is 1.88. The number of anilines is 1. The molecule has 1 atom stereocenters. The van der Waals surface area contributed by atoms with Crippen LogP contribution in [-0.4, -0.2) is 43.4 Å². The molecule has 0 fully saturated rings. The third-order valence-corrected chi connectivity index (χ3v) is 3.03. The number of carbonyl (C=O) groups excluding carboxylic acids is 1. The number of hydrogen-bond acceptors (Lipinski definition) is 5. The molecule has 0 spiro atoms. The highest BCUT2D eigenvalue weighted by Crippen LogP contribution is 2.09. The van der Waals surface area contributed by atoms with Crippen LogP contribution in [0.15, 0.2) is 23.4 Å². The lowest BCUT2D eigenvalue weighted by atomic mass is 10.4. The first-order valence-corrected chi connectivity index (χ1v) is 7.06. The predicted octanol–water partition coefficient (Wildman–Crippen LogP) is -0.0126. The Hall–Kier alpha value is -1.67. The first kappa shape index (κ1) is 14.4. The SMILES string of the molecule is C[C@@H](CO)NC(=O)Nc1ccc(S(C)(=O)=O)nc1. The van der Waals surface area contributed by atoms with Gasteiger partial charge in [0.15, 0.2) is 14.9 Å². The lowest BCUT2D eigenvalue weighted by Crippen LogP contribution is -2.38. The van der Waals surface area contributed by atoms with Crippen LogP contribution in [0.1, 0.15) is 6.92 Å². The Kier molecular flexibility index (Phi) is 4.62. The number of urea groups is 1. The molecule has 0 bridgehead atoms. The average molecular weight is 273 g/mol. The fourth-order valence-corrected chi connectivity index (χ4v) is 1.67. The van der Waals surface area contributed by atoms with Crippen LogP contribution in [0, 0.1) is 0 Å². The van der Waals surface area contributed by atoms with Crippen LogP contribution in [0.4, 0.5) is 10.5 Å². The van der Waals surface area contributed by atoms with Gasteiger partial charge in [-0.15, -0.1) is 0 Å². The molecule has 0 saturated carbocycles. The summed E-state index contributed by atoms with van der Waals surface area (Å²) in [6.45, 7) is 1.48. The molecule has 8 heteroatoms. The van der Waals surface area contributed by atoms with Gasteiger partial charge in [0.25, 0.3) is 0 Å². The molecule has 0 unspecified atom stereocenters. The van der Waals surface area contributed by atoms with E-state index in [1.165, 1.54) is 18.3 Å². The molecular formula is C10H15N3O4S. The molecule has 0 aliphatic rings. The summed E-state index contributed by atoms with van der Waals surface area (Å²) in [7, 11) is -3.34. The van der Waals surface area contributed by atoms with Crippen molar-refractivity contribution in [2.45, 2.75) is 18.0 Å². The smallest absolute Gasteiger partial charge is 0.319 e. The van der Waals surface area contributed by atoms with Gasteiger partial charge in [-0.25, -0.2) is 18.2 Å². The van der Waals surface area contributed by atoms with E-state index in [-0.39, 0.29) is 17.7 Å². The predicted molar refractivity (Wildman–Crippen MR) is 66.0 cm³/mol. The van der Waals surface area contributed by atoms with E-state index in [1.807, 2.05) is 0 Å². The largest absolute Gasteiger partial charge is 0.394 e. The normalized spacial score (nSPS) is 12.8. The van der Waals surface area contributed by atoms with Crippen LogP contribution in [0.5, 0.6) is 0 Å². The maximum absolute atomic E-state index is 11.4. The van der Waals surface area contributed by atoms with Crippen LogP contribution >= 0.6 is 0 Å². The number of carbonyl (C=O) groups is 1. The average Bonchev–Trinajstić information content (AvgIpc) is 2.28. The number of sulfone groups is 1. The van der Waals surface area contributed by atoms with E-state index in [1.54, 1.807) is 6.92 Å². The highest BCUT2D eigenvalue weighted by Gasteiger charge is 2.10. The van der Waals surface area contributed by atoms with Crippen molar-refractivity contribution in [2.75, 3.05) is 18.2 Å². The van der Waals surface area contributed by atoms with Crippen LogP contribution in [-0.2, 0) is 9.84 Å². The molecule has 1 rings (SSSR count). The van der Waals surface area contributed by atoms with Crippen LogP contribution in [0.25, 0.3) is 0 Å². The number of hydrogen-bond donors (Lipinski definition) is 3. The molecule has 1 aromatic heterocycles. The molecule has 0 aromatic carbocycles. The van der Waals surface area contributed by atoms with Crippen molar-refractivity contribution >= 4 is 21.6 Å². The second-order valence-electron chi connectivity index (χ2n) is 3.84. The third-order valence-electron chi connectivity index (χ3n) is 2.03. The quantitative estimate of drug-likeness (QED) is 0.715. The molecule has 0 aliphatic heterocycles. The number of aliphatic hydroxyl groups is 1. The minimum Gasteiger partial charge on any atom is -0.394 e. The number of nitrogens with zero attached hydrogens (tertiary/aromatic N) is 1. The standard InChI is InChI=1S/C10H15N3O4S/c1-7(6-14)12-10(15)13-8-3-4-9(11-5-8)18(2,16)17/h3-5,7,14H,6H2,1-2H3,(H2,12,13,15)/t7-/m0/s1. The molecule has 0 radical (unpaired) electrons. The molecule has 100 valence electrons. The maximum atomic E-state index is 11.4.